The van der Waals surface area contributed by atoms with Gasteiger partial charge in [-0.2, -0.15) is 5.26 Å². The second-order valence-corrected chi connectivity index (χ2v) is 5.98. The molecule has 1 atom stereocenters. The lowest BCUT2D eigenvalue weighted by molar-refractivity contribution is 0.232. The quantitative estimate of drug-likeness (QED) is 0.815. The molecule has 0 saturated carbocycles. The second-order valence-electron chi connectivity index (χ2n) is 5.15. The number of hydrogen-bond donors (Lipinski definition) is 0. The molecule has 5 heteroatoms. The summed E-state index contributed by atoms with van der Waals surface area (Å²) in [6, 6.07) is 2.28. The highest BCUT2D eigenvalue weighted by molar-refractivity contribution is 7.15. The number of aryl methyl sites for hydroxylation is 2. The van der Waals surface area contributed by atoms with Crippen molar-refractivity contribution >= 4 is 16.3 Å². The third kappa shape index (κ3) is 2.58. The maximum atomic E-state index is 9.70. The first kappa shape index (κ1) is 15.0. The van der Waals surface area contributed by atoms with E-state index >= 15 is 0 Å². The smallest absolute Gasteiger partial charge is 0.194 e. The molecular weight excluding hydrogens is 268 g/mol. The van der Waals surface area contributed by atoms with E-state index in [2.05, 4.69) is 46.5 Å². The predicted molar refractivity (Wildman–Crippen MR) is 83.1 cm³/mol. The average molecular weight is 290 g/mol. The molecule has 0 fully saturated rings. The highest BCUT2D eigenvalue weighted by Gasteiger charge is 2.26. The Morgan fingerprint density at radius 1 is 1.35 bits per heavy atom. The molecule has 108 valence electrons. The van der Waals surface area contributed by atoms with Crippen molar-refractivity contribution < 1.29 is 0 Å². The Labute approximate surface area is 124 Å². The Balaban J connectivity index is 2.50. The van der Waals surface area contributed by atoms with Crippen molar-refractivity contribution in [2.75, 3.05) is 13.1 Å². The Hall–Kier alpha value is -1.38. The van der Waals surface area contributed by atoms with Crippen LogP contribution in [-0.2, 0) is 0 Å². The van der Waals surface area contributed by atoms with Gasteiger partial charge in [0, 0.05) is 11.1 Å². The minimum atomic E-state index is -0.210. The van der Waals surface area contributed by atoms with E-state index in [1.54, 1.807) is 11.3 Å². The molecule has 0 aliphatic heterocycles. The van der Waals surface area contributed by atoms with Crippen molar-refractivity contribution in [3.63, 3.8) is 0 Å². The zero-order chi connectivity index (χ0) is 14.7. The van der Waals surface area contributed by atoms with Crippen LogP contribution in [-0.4, -0.2) is 27.4 Å². The molecule has 0 N–H and O–H groups in total. The molecular formula is C15H22N4S. The minimum Gasteiger partial charge on any atom is -0.289 e. The number of imidazole rings is 1. The van der Waals surface area contributed by atoms with Crippen LogP contribution in [0.5, 0.6) is 0 Å². The summed E-state index contributed by atoms with van der Waals surface area (Å²) in [6.45, 7) is 10.3. The molecule has 0 spiro atoms. The van der Waals surface area contributed by atoms with E-state index in [1.807, 2.05) is 6.92 Å². The molecule has 0 aliphatic carbocycles. The first-order valence-electron chi connectivity index (χ1n) is 7.20. The normalized spacial score (nSPS) is 13.0. The van der Waals surface area contributed by atoms with Gasteiger partial charge in [0.15, 0.2) is 4.96 Å². The number of rotatable bonds is 6. The monoisotopic (exact) mass is 290 g/mol. The van der Waals surface area contributed by atoms with E-state index in [-0.39, 0.29) is 6.04 Å². The molecule has 20 heavy (non-hydrogen) atoms. The van der Waals surface area contributed by atoms with Gasteiger partial charge in [-0.25, -0.2) is 4.98 Å². The highest BCUT2D eigenvalue weighted by atomic mass is 32.1. The molecule has 1 unspecified atom stereocenters. The Morgan fingerprint density at radius 3 is 2.55 bits per heavy atom. The molecule has 2 aromatic rings. The molecule has 0 bridgehead atoms. The zero-order valence-electron chi connectivity index (χ0n) is 12.7. The lowest BCUT2D eigenvalue weighted by atomic mass is 10.1. The van der Waals surface area contributed by atoms with Crippen molar-refractivity contribution in [1.82, 2.24) is 14.3 Å². The number of hydrogen-bond acceptors (Lipinski definition) is 4. The van der Waals surface area contributed by atoms with E-state index < -0.39 is 0 Å². The van der Waals surface area contributed by atoms with Gasteiger partial charge in [-0.15, -0.1) is 11.3 Å². The summed E-state index contributed by atoms with van der Waals surface area (Å²) in [7, 11) is 0. The largest absolute Gasteiger partial charge is 0.289 e. The fourth-order valence-corrected chi connectivity index (χ4v) is 3.63. The molecule has 0 amide bonds. The number of aromatic nitrogens is 2. The van der Waals surface area contributed by atoms with Gasteiger partial charge in [0.25, 0.3) is 0 Å². The van der Waals surface area contributed by atoms with Crippen molar-refractivity contribution in [3.05, 3.63) is 22.5 Å². The fourth-order valence-electron chi connectivity index (χ4n) is 2.71. The number of thiazole rings is 1. The van der Waals surface area contributed by atoms with Gasteiger partial charge in [0.2, 0.25) is 0 Å². The van der Waals surface area contributed by atoms with Crippen molar-refractivity contribution in [2.24, 2.45) is 0 Å². The van der Waals surface area contributed by atoms with Crippen LogP contribution in [0, 0.1) is 25.2 Å². The first-order chi connectivity index (χ1) is 9.63. The molecule has 2 rings (SSSR count). The van der Waals surface area contributed by atoms with Crippen molar-refractivity contribution in [2.45, 2.75) is 46.6 Å². The standard InChI is InChI=1S/C15H22N4S/c1-5-7-18(8-6-2)13(9-16)14-12(4)17-15-19(14)11(3)10-20-15/h10,13H,5-8H2,1-4H3. The van der Waals surface area contributed by atoms with Gasteiger partial charge in [-0.1, -0.05) is 13.8 Å². The summed E-state index contributed by atoms with van der Waals surface area (Å²) in [6.07, 6.45) is 2.11. The maximum Gasteiger partial charge on any atom is 0.194 e. The maximum absolute atomic E-state index is 9.70. The number of nitriles is 1. The fraction of sp³-hybridized carbons (Fsp3) is 0.600. The van der Waals surface area contributed by atoms with Gasteiger partial charge in [0.1, 0.15) is 6.04 Å². The Morgan fingerprint density at radius 2 is 2.00 bits per heavy atom. The van der Waals surface area contributed by atoms with Crippen LogP contribution in [0.1, 0.15) is 49.8 Å². The Bertz CT molecular complexity index is 614. The van der Waals surface area contributed by atoms with Crippen LogP contribution in [0.2, 0.25) is 0 Å². The predicted octanol–water partition coefficient (Wildman–Crippen LogP) is 3.70. The van der Waals surface area contributed by atoms with Crippen LogP contribution < -0.4 is 0 Å². The summed E-state index contributed by atoms with van der Waals surface area (Å²) in [5.74, 6) is 0. The second kappa shape index (κ2) is 6.38. The zero-order valence-corrected chi connectivity index (χ0v) is 13.5. The van der Waals surface area contributed by atoms with Crippen molar-refractivity contribution in [1.29, 1.82) is 5.26 Å². The third-order valence-corrected chi connectivity index (χ3v) is 4.47. The van der Waals surface area contributed by atoms with Crippen LogP contribution in [0.3, 0.4) is 0 Å². The summed E-state index contributed by atoms with van der Waals surface area (Å²) in [5.41, 5.74) is 3.18. The SMILES string of the molecule is CCCN(CCC)C(C#N)c1c(C)nc2scc(C)n12. The number of fused-ring (bicyclic) bond motifs is 1. The van der Waals surface area contributed by atoms with Crippen LogP contribution >= 0.6 is 11.3 Å². The molecule has 0 aliphatic rings. The van der Waals surface area contributed by atoms with Gasteiger partial charge in [0.05, 0.1) is 17.5 Å². The number of nitrogens with zero attached hydrogens (tertiary/aromatic N) is 4. The molecule has 2 aromatic heterocycles. The van der Waals surface area contributed by atoms with E-state index in [0.717, 1.165) is 48.0 Å². The average Bonchev–Trinajstić information content (AvgIpc) is 2.92. The summed E-state index contributed by atoms with van der Waals surface area (Å²) in [5, 5.41) is 11.8. The van der Waals surface area contributed by atoms with Gasteiger partial charge < -0.3 is 0 Å². The van der Waals surface area contributed by atoms with E-state index in [4.69, 9.17) is 0 Å². The van der Waals surface area contributed by atoms with Crippen LogP contribution in [0.15, 0.2) is 5.38 Å². The summed E-state index contributed by atoms with van der Waals surface area (Å²) >= 11 is 1.64. The topological polar surface area (TPSA) is 44.3 Å². The minimum absolute atomic E-state index is 0.210. The lowest BCUT2D eigenvalue weighted by Gasteiger charge is -2.26. The molecule has 0 radical (unpaired) electrons. The van der Waals surface area contributed by atoms with Crippen LogP contribution in [0.4, 0.5) is 0 Å². The first-order valence-corrected chi connectivity index (χ1v) is 8.08. The molecule has 0 aromatic carbocycles. The van der Waals surface area contributed by atoms with E-state index in [1.165, 1.54) is 0 Å². The molecule has 2 heterocycles. The third-order valence-electron chi connectivity index (χ3n) is 3.52. The van der Waals surface area contributed by atoms with E-state index in [9.17, 15) is 5.26 Å². The van der Waals surface area contributed by atoms with Gasteiger partial charge >= 0.3 is 0 Å². The lowest BCUT2D eigenvalue weighted by Crippen LogP contribution is -2.31. The molecule has 0 saturated heterocycles. The van der Waals surface area contributed by atoms with Crippen LogP contribution in [0.25, 0.3) is 4.96 Å². The van der Waals surface area contributed by atoms with Gasteiger partial charge in [-0.3, -0.25) is 9.30 Å². The van der Waals surface area contributed by atoms with Gasteiger partial charge in [-0.05, 0) is 39.8 Å². The molecule has 4 nitrogen and oxygen atoms in total. The Kier molecular flexibility index (Phi) is 4.79. The summed E-state index contributed by atoms with van der Waals surface area (Å²) in [4.78, 5) is 7.87. The van der Waals surface area contributed by atoms with Crippen molar-refractivity contribution in [3.8, 4) is 6.07 Å². The summed E-state index contributed by atoms with van der Waals surface area (Å²) < 4.78 is 2.15. The highest BCUT2D eigenvalue weighted by Crippen LogP contribution is 2.28. The van der Waals surface area contributed by atoms with E-state index in [0.29, 0.717) is 0 Å².